The van der Waals surface area contributed by atoms with Gasteiger partial charge in [-0.15, -0.1) is 0 Å². The number of aliphatic hydroxyl groups excluding tert-OH is 2. The number of aliphatic hydroxyl groups is 4. The average Bonchev–Trinajstić information content (AvgIpc) is 2.96. The summed E-state index contributed by atoms with van der Waals surface area (Å²) in [5, 5.41) is 43.6. The molecule has 8 atom stereocenters. The van der Waals surface area contributed by atoms with E-state index < -0.39 is 39.8 Å². The number of rotatable bonds is 4. The Morgan fingerprint density at radius 3 is 2.25 bits per heavy atom. The topological polar surface area (TPSA) is 115 Å². The SMILES string of the molecule is CC(C)(O)/C=C/C(=O)[C@](C)(O)C1C(O)CC2(C)[C@@H]3CC=C4C(C=C(O)C(=O)C4(C)C)[C@]3(C)CC[C@]12C. The summed E-state index contributed by atoms with van der Waals surface area (Å²) in [5.74, 6) is -1.56. The third kappa shape index (κ3) is 3.54. The molecule has 4 aliphatic carbocycles. The molecule has 4 rings (SSSR count). The molecule has 4 unspecified atom stereocenters. The molecular formula is C30H44O6. The van der Waals surface area contributed by atoms with Gasteiger partial charge < -0.3 is 20.4 Å². The summed E-state index contributed by atoms with van der Waals surface area (Å²) in [7, 11) is 0. The number of allylic oxidation sites excluding steroid dienone is 4. The van der Waals surface area contributed by atoms with Crippen molar-refractivity contribution < 1.29 is 30.0 Å². The molecule has 0 aromatic carbocycles. The molecule has 200 valence electrons. The molecular weight excluding hydrogens is 456 g/mol. The maximum atomic E-state index is 13.2. The van der Waals surface area contributed by atoms with Crippen LogP contribution in [0.15, 0.2) is 35.6 Å². The van der Waals surface area contributed by atoms with Crippen LogP contribution in [0.5, 0.6) is 0 Å². The normalized spacial score (nSPS) is 43.7. The first-order chi connectivity index (χ1) is 16.2. The summed E-state index contributed by atoms with van der Waals surface area (Å²) in [6.45, 7) is 14.9. The van der Waals surface area contributed by atoms with E-state index in [9.17, 15) is 30.0 Å². The molecule has 6 nitrogen and oxygen atoms in total. The van der Waals surface area contributed by atoms with E-state index in [0.717, 1.165) is 18.4 Å². The van der Waals surface area contributed by atoms with E-state index in [4.69, 9.17) is 0 Å². The van der Waals surface area contributed by atoms with Gasteiger partial charge in [0, 0.05) is 11.8 Å². The van der Waals surface area contributed by atoms with Crippen LogP contribution >= 0.6 is 0 Å². The first-order valence-electron chi connectivity index (χ1n) is 13.3. The third-order valence-electron chi connectivity index (χ3n) is 11.0. The molecule has 2 fully saturated rings. The van der Waals surface area contributed by atoms with Gasteiger partial charge in [0.05, 0.1) is 17.1 Å². The minimum Gasteiger partial charge on any atom is -0.505 e. The Morgan fingerprint density at radius 1 is 1.06 bits per heavy atom. The summed E-state index contributed by atoms with van der Waals surface area (Å²) in [4.78, 5) is 26.0. The van der Waals surface area contributed by atoms with Gasteiger partial charge in [-0.3, -0.25) is 9.59 Å². The number of hydrogen-bond acceptors (Lipinski definition) is 6. The molecule has 0 aromatic rings. The summed E-state index contributed by atoms with van der Waals surface area (Å²) < 4.78 is 0. The average molecular weight is 501 g/mol. The summed E-state index contributed by atoms with van der Waals surface area (Å²) in [6, 6.07) is 0. The van der Waals surface area contributed by atoms with Crippen molar-refractivity contribution in [3.63, 3.8) is 0 Å². The van der Waals surface area contributed by atoms with Crippen LogP contribution in [-0.4, -0.2) is 49.3 Å². The second-order valence-corrected chi connectivity index (χ2v) is 14.0. The van der Waals surface area contributed by atoms with Gasteiger partial charge in [-0.05, 0) is 94.6 Å². The minimum absolute atomic E-state index is 0.0848. The zero-order chi connectivity index (χ0) is 27.3. The fourth-order valence-electron chi connectivity index (χ4n) is 8.81. The largest absolute Gasteiger partial charge is 0.505 e. The van der Waals surface area contributed by atoms with Gasteiger partial charge in [0.2, 0.25) is 5.78 Å². The van der Waals surface area contributed by atoms with Crippen molar-refractivity contribution in [3.05, 3.63) is 35.6 Å². The maximum absolute atomic E-state index is 13.2. The predicted molar refractivity (Wildman–Crippen MR) is 138 cm³/mol. The van der Waals surface area contributed by atoms with Crippen LogP contribution in [0.3, 0.4) is 0 Å². The molecule has 4 N–H and O–H groups in total. The van der Waals surface area contributed by atoms with E-state index in [1.807, 2.05) is 13.8 Å². The Balaban J connectivity index is 1.76. The van der Waals surface area contributed by atoms with Gasteiger partial charge >= 0.3 is 0 Å². The Labute approximate surface area is 215 Å². The molecule has 0 saturated heterocycles. The highest BCUT2D eigenvalue weighted by molar-refractivity contribution is 6.01. The summed E-state index contributed by atoms with van der Waals surface area (Å²) in [5.41, 5.74) is -3.83. The van der Waals surface area contributed by atoms with E-state index in [0.29, 0.717) is 12.8 Å². The van der Waals surface area contributed by atoms with Crippen molar-refractivity contribution in [2.45, 2.75) is 98.4 Å². The van der Waals surface area contributed by atoms with Crippen molar-refractivity contribution >= 4 is 11.6 Å². The lowest BCUT2D eigenvalue weighted by Gasteiger charge is -2.64. The van der Waals surface area contributed by atoms with Gasteiger partial charge in [-0.1, -0.05) is 38.5 Å². The van der Waals surface area contributed by atoms with Crippen molar-refractivity contribution in [1.82, 2.24) is 0 Å². The highest BCUT2D eigenvalue weighted by atomic mass is 16.3. The van der Waals surface area contributed by atoms with Crippen molar-refractivity contribution in [2.75, 3.05) is 0 Å². The number of hydrogen-bond donors (Lipinski definition) is 4. The fraction of sp³-hybridized carbons (Fsp3) is 0.733. The Bertz CT molecular complexity index is 1070. The maximum Gasteiger partial charge on any atom is 0.206 e. The molecule has 0 aliphatic heterocycles. The quantitative estimate of drug-likeness (QED) is 0.335. The molecule has 36 heavy (non-hydrogen) atoms. The number of carbonyl (C=O) groups is 2. The van der Waals surface area contributed by atoms with Gasteiger partial charge in [0.15, 0.2) is 11.5 Å². The first kappa shape index (κ1) is 27.3. The number of fused-ring (bicyclic) bond motifs is 5. The molecule has 0 bridgehead atoms. The molecule has 2 saturated carbocycles. The lowest BCUT2D eigenvalue weighted by Crippen LogP contribution is -2.61. The van der Waals surface area contributed by atoms with E-state index in [2.05, 4.69) is 26.8 Å². The van der Waals surface area contributed by atoms with Crippen LogP contribution in [0.2, 0.25) is 0 Å². The van der Waals surface area contributed by atoms with Crippen LogP contribution in [0.4, 0.5) is 0 Å². The van der Waals surface area contributed by atoms with Crippen LogP contribution in [0, 0.1) is 39.4 Å². The third-order valence-corrected chi connectivity index (χ3v) is 11.0. The van der Waals surface area contributed by atoms with Gasteiger partial charge in [-0.2, -0.15) is 0 Å². The molecule has 0 spiro atoms. The second kappa shape index (κ2) is 7.87. The van der Waals surface area contributed by atoms with E-state index in [1.54, 1.807) is 19.9 Å². The molecule has 4 aliphatic rings. The molecule has 0 amide bonds. The number of carbonyl (C=O) groups excluding carboxylic acids is 2. The lowest BCUT2D eigenvalue weighted by molar-refractivity contribution is -0.170. The van der Waals surface area contributed by atoms with E-state index >= 15 is 0 Å². The zero-order valence-electron chi connectivity index (χ0n) is 23.1. The van der Waals surface area contributed by atoms with E-state index in [-0.39, 0.29) is 34.2 Å². The Kier molecular flexibility index (Phi) is 5.97. The highest BCUT2D eigenvalue weighted by Gasteiger charge is 2.72. The monoisotopic (exact) mass is 500 g/mol. The van der Waals surface area contributed by atoms with Crippen LogP contribution in [0.1, 0.15) is 81.1 Å². The van der Waals surface area contributed by atoms with Gasteiger partial charge in [0.1, 0.15) is 5.60 Å². The lowest BCUT2D eigenvalue weighted by atomic mass is 9.39. The van der Waals surface area contributed by atoms with Crippen LogP contribution in [-0.2, 0) is 9.59 Å². The number of Topliss-reactive ketones (excluding diaryl/α,β-unsaturated/α-hetero) is 1. The fourth-order valence-corrected chi connectivity index (χ4v) is 8.81. The van der Waals surface area contributed by atoms with Crippen molar-refractivity contribution in [3.8, 4) is 0 Å². The zero-order valence-corrected chi connectivity index (χ0v) is 23.1. The summed E-state index contributed by atoms with van der Waals surface area (Å²) in [6.07, 6.45) is 8.35. The Morgan fingerprint density at radius 2 is 1.67 bits per heavy atom. The first-order valence-corrected chi connectivity index (χ1v) is 13.3. The highest BCUT2D eigenvalue weighted by Crippen LogP contribution is 2.74. The van der Waals surface area contributed by atoms with Gasteiger partial charge in [-0.25, -0.2) is 0 Å². The van der Waals surface area contributed by atoms with Crippen molar-refractivity contribution in [1.29, 1.82) is 0 Å². The van der Waals surface area contributed by atoms with Crippen LogP contribution in [0.25, 0.3) is 0 Å². The van der Waals surface area contributed by atoms with E-state index in [1.165, 1.54) is 19.1 Å². The molecule has 0 aromatic heterocycles. The van der Waals surface area contributed by atoms with Crippen LogP contribution < -0.4 is 0 Å². The standard InChI is InChI=1S/C30H44O6/c1-25(2,35)12-11-22(33)30(8,36)23-20(32)16-29(7)21-10-9-17-18(15-19(31)24(34)26(17,3)4)27(21,5)13-14-28(23,29)6/h9,11-12,15,18,20-21,23,31-32,35-36H,10,13-14,16H2,1-8H3/b12-11+/t18?,20?,21-,23?,27+,28-,29?,30+/m1/s1. The second-order valence-electron chi connectivity index (χ2n) is 14.0. The van der Waals surface area contributed by atoms with Gasteiger partial charge in [0.25, 0.3) is 0 Å². The molecule has 6 heteroatoms. The Hall–Kier alpha value is -1.76. The smallest absolute Gasteiger partial charge is 0.206 e. The minimum atomic E-state index is -1.80. The predicted octanol–water partition coefficient (Wildman–Crippen LogP) is 4.44. The van der Waals surface area contributed by atoms with Crippen molar-refractivity contribution in [2.24, 2.45) is 39.4 Å². The molecule has 0 radical (unpaired) electrons. The summed E-state index contributed by atoms with van der Waals surface area (Å²) >= 11 is 0. The number of ketones is 2. The molecule has 0 heterocycles.